The van der Waals surface area contributed by atoms with Crippen molar-refractivity contribution in [3.05, 3.63) is 33.9 Å². The Bertz CT molecular complexity index is 477. The van der Waals surface area contributed by atoms with Gasteiger partial charge in [-0.25, -0.2) is 0 Å². The minimum atomic E-state index is -1.04. The second-order valence-electron chi connectivity index (χ2n) is 3.79. The van der Waals surface area contributed by atoms with Crippen molar-refractivity contribution in [1.82, 2.24) is 5.32 Å². The fourth-order valence-corrected chi connectivity index (χ4v) is 1.41. The van der Waals surface area contributed by atoms with Crippen molar-refractivity contribution in [3.8, 4) is 0 Å². The maximum atomic E-state index is 11.4. The molecule has 1 atom stereocenters. The molecular formula is C11H15N3O5. The third kappa shape index (κ3) is 3.90. The number of amides is 1. The van der Waals surface area contributed by atoms with Gasteiger partial charge in [0.25, 0.3) is 11.6 Å². The summed E-state index contributed by atoms with van der Waals surface area (Å²) in [6.07, 6.45) is -1.04. The number of aliphatic hydroxyl groups excluding tert-OH is 2. The first-order valence-electron chi connectivity index (χ1n) is 5.53. The Balaban J connectivity index is 3.01. The SMILES string of the molecule is CNC(=O)c1ccc([N+](=O)[O-])c(NCC(O)CO)c1. The maximum absolute atomic E-state index is 11.4. The molecule has 0 aromatic heterocycles. The highest BCUT2D eigenvalue weighted by Gasteiger charge is 2.17. The number of carbonyl (C=O) groups is 1. The molecule has 1 rings (SSSR count). The van der Waals surface area contributed by atoms with E-state index in [0.717, 1.165) is 0 Å². The van der Waals surface area contributed by atoms with Crippen LogP contribution in [0.3, 0.4) is 0 Å². The van der Waals surface area contributed by atoms with Gasteiger partial charge in [0.1, 0.15) is 5.69 Å². The van der Waals surface area contributed by atoms with Gasteiger partial charge in [0.15, 0.2) is 0 Å². The van der Waals surface area contributed by atoms with Crippen molar-refractivity contribution in [2.24, 2.45) is 0 Å². The fraction of sp³-hybridized carbons (Fsp3) is 0.364. The van der Waals surface area contributed by atoms with Crippen LogP contribution in [0.2, 0.25) is 0 Å². The normalized spacial score (nSPS) is 11.7. The molecule has 19 heavy (non-hydrogen) atoms. The summed E-state index contributed by atoms with van der Waals surface area (Å²) in [6.45, 7) is -0.523. The van der Waals surface area contributed by atoms with Crippen LogP contribution in [0.4, 0.5) is 11.4 Å². The van der Waals surface area contributed by atoms with Crippen LogP contribution in [0, 0.1) is 10.1 Å². The largest absolute Gasteiger partial charge is 0.394 e. The van der Waals surface area contributed by atoms with E-state index in [1.54, 1.807) is 0 Å². The van der Waals surface area contributed by atoms with Crippen LogP contribution in [0.25, 0.3) is 0 Å². The Morgan fingerprint density at radius 2 is 2.21 bits per heavy atom. The molecule has 0 aliphatic carbocycles. The minimum Gasteiger partial charge on any atom is -0.394 e. The fourth-order valence-electron chi connectivity index (χ4n) is 1.41. The van der Waals surface area contributed by atoms with Gasteiger partial charge in [-0.1, -0.05) is 0 Å². The summed E-state index contributed by atoms with van der Waals surface area (Å²) in [6, 6.07) is 3.86. The molecule has 8 heteroatoms. The first-order valence-corrected chi connectivity index (χ1v) is 5.53. The van der Waals surface area contributed by atoms with Gasteiger partial charge in [-0.15, -0.1) is 0 Å². The zero-order valence-corrected chi connectivity index (χ0v) is 10.3. The quantitative estimate of drug-likeness (QED) is 0.416. The van der Waals surface area contributed by atoms with E-state index in [1.165, 1.54) is 25.2 Å². The number of anilines is 1. The Labute approximate surface area is 109 Å². The predicted octanol–water partition coefficient (Wildman–Crippen LogP) is -0.281. The monoisotopic (exact) mass is 269 g/mol. The summed E-state index contributed by atoms with van der Waals surface area (Å²) in [7, 11) is 1.45. The molecule has 0 fully saturated rings. The molecule has 0 saturated carbocycles. The summed E-state index contributed by atoms with van der Waals surface area (Å²) < 4.78 is 0. The third-order valence-corrected chi connectivity index (χ3v) is 2.42. The molecule has 1 unspecified atom stereocenters. The van der Waals surface area contributed by atoms with E-state index in [9.17, 15) is 20.0 Å². The van der Waals surface area contributed by atoms with E-state index in [2.05, 4.69) is 10.6 Å². The van der Waals surface area contributed by atoms with Gasteiger partial charge < -0.3 is 20.8 Å². The van der Waals surface area contributed by atoms with Gasteiger partial charge in [0.05, 0.1) is 17.6 Å². The van der Waals surface area contributed by atoms with Crippen molar-refractivity contribution in [3.63, 3.8) is 0 Å². The molecule has 0 bridgehead atoms. The molecule has 1 amide bonds. The lowest BCUT2D eigenvalue weighted by Gasteiger charge is -2.11. The summed E-state index contributed by atoms with van der Waals surface area (Å²) in [5.41, 5.74) is 0.158. The molecule has 0 heterocycles. The van der Waals surface area contributed by atoms with Crippen molar-refractivity contribution in [2.45, 2.75) is 6.10 Å². The lowest BCUT2D eigenvalue weighted by Crippen LogP contribution is -2.24. The second kappa shape index (κ2) is 6.66. The maximum Gasteiger partial charge on any atom is 0.292 e. The van der Waals surface area contributed by atoms with E-state index < -0.39 is 17.6 Å². The Morgan fingerprint density at radius 3 is 2.74 bits per heavy atom. The topological polar surface area (TPSA) is 125 Å². The molecule has 4 N–H and O–H groups in total. The number of nitro groups is 1. The minimum absolute atomic E-state index is 0.0610. The van der Waals surface area contributed by atoms with Gasteiger partial charge in [-0.05, 0) is 12.1 Å². The third-order valence-electron chi connectivity index (χ3n) is 2.42. The first kappa shape index (κ1) is 14.9. The highest BCUT2D eigenvalue weighted by molar-refractivity contribution is 5.95. The summed E-state index contributed by atoms with van der Waals surface area (Å²) in [4.78, 5) is 21.7. The lowest BCUT2D eigenvalue weighted by molar-refractivity contribution is -0.384. The van der Waals surface area contributed by atoms with Crippen LogP contribution in [0.5, 0.6) is 0 Å². The molecule has 0 spiro atoms. The number of nitrogens with zero attached hydrogens (tertiary/aromatic N) is 1. The zero-order valence-electron chi connectivity index (χ0n) is 10.3. The van der Waals surface area contributed by atoms with E-state index in [4.69, 9.17) is 5.11 Å². The van der Waals surface area contributed by atoms with E-state index >= 15 is 0 Å². The van der Waals surface area contributed by atoms with E-state index in [0.29, 0.717) is 0 Å². The van der Waals surface area contributed by atoms with Crippen molar-refractivity contribution < 1.29 is 19.9 Å². The Kier molecular flexibility index (Phi) is 5.22. The molecule has 8 nitrogen and oxygen atoms in total. The molecule has 104 valence electrons. The van der Waals surface area contributed by atoms with Gasteiger partial charge in [0.2, 0.25) is 0 Å². The molecule has 0 saturated heterocycles. The number of nitro benzene ring substituents is 1. The highest BCUT2D eigenvalue weighted by atomic mass is 16.6. The van der Waals surface area contributed by atoms with Crippen LogP contribution < -0.4 is 10.6 Å². The van der Waals surface area contributed by atoms with E-state index in [1.807, 2.05) is 0 Å². The van der Waals surface area contributed by atoms with Crippen LogP contribution in [0.1, 0.15) is 10.4 Å². The molecular weight excluding hydrogens is 254 g/mol. The number of nitrogens with one attached hydrogen (secondary N) is 2. The highest BCUT2D eigenvalue weighted by Crippen LogP contribution is 2.25. The Morgan fingerprint density at radius 1 is 1.53 bits per heavy atom. The number of hydrogen-bond donors (Lipinski definition) is 4. The lowest BCUT2D eigenvalue weighted by atomic mass is 10.1. The molecule has 0 aliphatic heterocycles. The van der Waals surface area contributed by atoms with Gasteiger partial charge in [-0.3, -0.25) is 14.9 Å². The smallest absolute Gasteiger partial charge is 0.292 e. The average molecular weight is 269 g/mol. The van der Waals surface area contributed by atoms with Crippen LogP contribution in [-0.2, 0) is 0 Å². The summed E-state index contributed by atoms with van der Waals surface area (Å²) in [5, 5.41) is 33.8. The molecule has 0 radical (unpaired) electrons. The van der Waals surface area contributed by atoms with Crippen LogP contribution in [-0.4, -0.2) is 47.3 Å². The number of aliphatic hydroxyl groups is 2. The zero-order chi connectivity index (χ0) is 14.4. The number of rotatable bonds is 6. The van der Waals surface area contributed by atoms with Crippen LogP contribution >= 0.6 is 0 Å². The first-order chi connectivity index (χ1) is 8.99. The van der Waals surface area contributed by atoms with Gasteiger partial charge in [0, 0.05) is 25.2 Å². The van der Waals surface area contributed by atoms with Crippen LogP contribution in [0.15, 0.2) is 18.2 Å². The molecule has 1 aromatic rings. The van der Waals surface area contributed by atoms with Gasteiger partial charge >= 0.3 is 0 Å². The number of benzene rings is 1. The predicted molar refractivity (Wildman–Crippen MR) is 68.1 cm³/mol. The summed E-state index contributed by atoms with van der Waals surface area (Å²) in [5.74, 6) is -0.374. The second-order valence-corrected chi connectivity index (χ2v) is 3.79. The van der Waals surface area contributed by atoms with Crippen molar-refractivity contribution in [2.75, 3.05) is 25.5 Å². The number of carbonyl (C=O) groups excluding carboxylic acids is 1. The molecule has 0 aliphatic rings. The molecule has 1 aromatic carbocycles. The number of hydrogen-bond acceptors (Lipinski definition) is 6. The van der Waals surface area contributed by atoms with Gasteiger partial charge in [-0.2, -0.15) is 0 Å². The summed E-state index contributed by atoms with van der Waals surface area (Å²) >= 11 is 0. The Hall–Kier alpha value is -2.19. The standard InChI is InChI=1S/C11H15N3O5/c1-12-11(17)7-2-3-10(14(18)19)9(4-7)13-5-8(16)6-15/h2-4,8,13,15-16H,5-6H2,1H3,(H,12,17). The van der Waals surface area contributed by atoms with E-state index in [-0.39, 0.29) is 29.4 Å². The average Bonchev–Trinajstić information content (AvgIpc) is 2.43. The van der Waals surface area contributed by atoms with Crippen molar-refractivity contribution in [1.29, 1.82) is 0 Å². The van der Waals surface area contributed by atoms with Crippen molar-refractivity contribution >= 4 is 17.3 Å².